The Labute approximate surface area is 636 Å². The van der Waals surface area contributed by atoms with Crippen LogP contribution in [-0.2, 0) is 32.7 Å². The van der Waals surface area contributed by atoms with Gasteiger partial charge in [-0.2, -0.15) is 0 Å². The number of carbonyl (C=O) groups excluding carboxylic acids is 2. The smallest absolute Gasteiger partial charge is 0.462 e. The van der Waals surface area contributed by atoms with E-state index in [1.165, 1.54) is 385 Å². The molecular weight excluding hydrogens is 1280 g/mol. The van der Waals surface area contributed by atoms with Gasteiger partial charge >= 0.3 is 19.8 Å². The van der Waals surface area contributed by atoms with Crippen LogP contribution < -0.4 is 0 Å². The van der Waals surface area contributed by atoms with Crippen molar-refractivity contribution >= 4 is 19.8 Å². The maximum Gasteiger partial charge on any atom is 0.472 e. The molecule has 602 valence electrons. The maximum absolute atomic E-state index is 12.9. The van der Waals surface area contributed by atoms with Gasteiger partial charge in [-0.1, -0.05) is 461 Å². The number of phosphoric ester groups is 1. The first kappa shape index (κ1) is 100.0. The summed E-state index contributed by atoms with van der Waals surface area (Å²) in [5, 5.41) is 0. The van der Waals surface area contributed by atoms with Gasteiger partial charge in [-0.25, -0.2) is 4.57 Å². The van der Waals surface area contributed by atoms with Crippen LogP contribution in [0.25, 0.3) is 0 Å². The van der Waals surface area contributed by atoms with E-state index in [-0.39, 0.29) is 25.6 Å². The Bertz CT molecular complexity index is 1860. The topological polar surface area (TPSA) is 108 Å². The highest BCUT2D eigenvalue weighted by molar-refractivity contribution is 7.47. The van der Waals surface area contributed by atoms with Crippen LogP contribution in [0.3, 0.4) is 0 Å². The Kier molecular flexibility index (Phi) is 81.4. The summed E-state index contributed by atoms with van der Waals surface area (Å²) >= 11 is 0. The third-order valence-electron chi connectivity index (χ3n) is 20.9. The molecule has 0 rings (SSSR count). The number of carbonyl (C=O) groups is 2. The standard InChI is InChI=1S/C92H176NO8P/c1-6-8-10-12-14-16-18-20-22-24-26-28-30-32-34-36-38-40-42-44-45-46-47-49-50-52-54-56-58-60-62-64-66-68-70-72-74-76-78-80-82-84-91(94)98-88-90(89-100-102(96,97)99-87-86-93(3,4)5)101-92(95)85-83-81-79-77-75-73-71-69-67-65-63-61-59-57-55-53-51-48-43-41-39-37-35-33-31-29-27-25-23-21-19-17-15-13-11-9-7-2/h9,11,15,17,21,23,27,29,90H,6-8,10,12-14,16,18-20,22,24-26,28,30-89H2,1-5H3/p+1/b11-9-,17-15-,23-21-,29-27-. The van der Waals surface area contributed by atoms with Crippen LogP contribution in [0, 0.1) is 0 Å². The SMILES string of the molecule is CC/C=C\C/C=C\C/C=C\C/C=C\CCCCCCCCCCCCCCCCCCCCCCCCCCC(=O)OC(COC(=O)CCCCCCCCCCCCCCCCCCCCCCCCCCCCCCCCCCCCCCCCCCC)COP(=O)(O)OCC[N+](C)(C)C. The molecule has 0 aliphatic carbocycles. The molecule has 0 heterocycles. The highest BCUT2D eigenvalue weighted by Crippen LogP contribution is 2.43. The zero-order valence-corrected chi connectivity index (χ0v) is 70.0. The fourth-order valence-electron chi connectivity index (χ4n) is 14.0. The first-order valence-electron chi connectivity index (χ1n) is 45.4. The molecule has 0 bridgehead atoms. The zero-order chi connectivity index (χ0) is 74.0. The third kappa shape index (κ3) is 86.9. The molecule has 0 aliphatic heterocycles. The van der Waals surface area contributed by atoms with Crippen molar-refractivity contribution < 1.29 is 42.1 Å². The lowest BCUT2D eigenvalue weighted by molar-refractivity contribution is -0.870. The average molecular weight is 1460 g/mol. The van der Waals surface area contributed by atoms with E-state index in [2.05, 4.69) is 62.5 Å². The third-order valence-corrected chi connectivity index (χ3v) is 21.9. The number of allylic oxidation sites excluding steroid dienone is 8. The molecule has 0 fully saturated rings. The predicted octanol–water partition coefficient (Wildman–Crippen LogP) is 30.6. The Hall–Kier alpha value is -2.03. The maximum atomic E-state index is 12.9. The van der Waals surface area contributed by atoms with Gasteiger partial charge in [0.1, 0.15) is 19.8 Å². The van der Waals surface area contributed by atoms with Gasteiger partial charge in [-0.15, -0.1) is 0 Å². The molecule has 0 aliphatic rings. The molecule has 1 N–H and O–H groups in total. The van der Waals surface area contributed by atoms with E-state index in [1.807, 2.05) is 21.1 Å². The summed E-state index contributed by atoms with van der Waals surface area (Å²) in [6.45, 7) is 4.42. The van der Waals surface area contributed by atoms with E-state index >= 15 is 0 Å². The molecule has 0 saturated carbocycles. The summed E-state index contributed by atoms with van der Waals surface area (Å²) in [5.74, 6) is -0.768. The molecule has 102 heavy (non-hydrogen) atoms. The number of rotatable bonds is 86. The summed E-state index contributed by atoms with van der Waals surface area (Å²) in [4.78, 5) is 36.1. The van der Waals surface area contributed by atoms with E-state index in [0.29, 0.717) is 23.9 Å². The van der Waals surface area contributed by atoms with E-state index in [4.69, 9.17) is 18.5 Å². The molecule has 0 saturated heterocycles. The molecule has 10 heteroatoms. The number of hydrogen-bond acceptors (Lipinski definition) is 7. The minimum Gasteiger partial charge on any atom is -0.462 e. The van der Waals surface area contributed by atoms with Crippen molar-refractivity contribution in [2.24, 2.45) is 0 Å². The van der Waals surface area contributed by atoms with Gasteiger partial charge in [0.15, 0.2) is 6.10 Å². The Morgan fingerprint density at radius 3 is 0.833 bits per heavy atom. The van der Waals surface area contributed by atoms with Crippen LogP contribution in [0.1, 0.15) is 476 Å². The largest absolute Gasteiger partial charge is 0.472 e. The van der Waals surface area contributed by atoms with Crippen LogP contribution >= 0.6 is 7.82 Å². The monoisotopic (exact) mass is 1460 g/mol. The summed E-state index contributed by atoms with van der Waals surface area (Å²) in [6.07, 6.45) is 112. The number of quaternary nitrogens is 1. The van der Waals surface area contributed by atoms with Gasteiger partial charge in [0.2, 0.25) is 0 Å². The second-order valence-electron chi connectivity index (χ2n) is 32.3. The van der Waals surface area contributed by atoms with Gasteiger partial charge in [0, 0.05) is 12.8 Å². The van der Waals surface area contributed by atoms with Crippen molar-refractivity contribution in [1.82, 2.24) is 0 Å². The molecule has 9 nitrogen and oxygen atoms in total. The first-order valence-corrected chi connectivity index (χ1v) is 46.9. The van der Waals surface area contributed by atoms with E-state index in [9.17, 15) is 19.0 Å². The van der Waals surface area contributed by atoms with Crippen molar-refractivity contribution in [3.63, 3.8) is 0 Å². The highest BCUT2D eigenvalue weighted by Gasteiger charge is 2.27. The highest BCUT2D eigenvalue weighted by atomic mass is 31.2. The molecule has 0 radical (unpaired) electrons. The minimum atomic E-state index is -4.40. The van der Waals surface area contributed by atoms with Crippen molar-refractivity contribution in [2.45, 2.75) is 482 Å². The fourth-order valence-corrected chi connectivity index (χ4v) is 14.8. The first-order chi connectivity index (χ1) is 50.0. The summed E-state index contributed by atoms with van der Waals surface area (Å²) in [7, 11) is 1.51. The quantitative estimate of drug-likeness (QED) is 0.0211. The lowest BCUT2D eigenvalue weighted by Crippen LogP contribution is -2.37. The Balaban J connectivity index is 3.82. The number of phosphoric acid groups is 1. The molecule has 0 aromatic rings. The number of nitrogens with zero attached hydrogens (tertiary/aromatic N) is 1. The van der Waals surface area contributed by atoms with E-state index < -0.39 is 26.5 Å². The average Bonchev–Trinajstić information content (AvgIpc) is 0.913. The molecule has 2 unspecified atom stereocenters. The van der Waals surface area contributed by atoms with Gasteiger partial charge in [-0.05, 0) is 51.4 Å². The van der Waals surface area contributed by atoms with Gasteiger partial charge < -0.3 is 18.9 Å². The molecule has 0 amide bonds. The zero-order valence-electron chi connectivity index (χ0n) is 69.1. The summed E-state index contributed by atoms with van der Waals surface area (Å²) in [5.41, 5.74) is 0. The fraction of sp³-hybridized carbons (Fsp3) is 0.891. The Morgan fingerprint density at radius 2 is 0.559 bits per heavy atom. The van der Waals surface area contributed by atoms with Gasteiger partial charge in [0.25, 0.3) is 0 Å². The van der Waals surface area contributed by atoms with Gasteiger partial charge in [-0.3, -0.25) is 18.6 Å². The molecule has 0 aromatic carbocycles. The Morgan fingerprint density at radius 1 is 0.314 bits per heavy atom. The lowest BCUT2D eigenvalue weighted by Gasteiger charge is -2.24. The number of ether oxygens (including phenoxy) is 2. The minimum absolute atomic E-state index is 0.0354. The lowest BCUT2D eigenvalue weighted by atomic mass is 10.0. The van der Waals surface area contributed by atoms with Crippen LogP contribution in [0.5, 0.6) is 0 Å². The normalized spacial score (nSPS) is 13.1. The second-order valence-corrected chi connectivity index (χ2v) is 33.8. The second kappa shape index (κ2) is 83.0. The van der Waals surface area contributed by atoms with Crippen LogP contribution in [0.2, 0.25) is 0 Å². The van der Waals surface area contributed by atoms with E-state index in [0.717, 1.165) is 57.8 Å². The molecule has 0 spiro atoms. The van der Waals surface area contributed by atoms with Crippen LogP contribution in [0.15, 0.2) is 48.6 Å². The number of unbranched alkanes of at least 4 members (excludes halogenated alkanes) is 64. The van der Waals surface area contributed by atoms with Crippen molar-refractivity contribution in [2.75, 3.05) is 47.5 Å². The van der Waals surface area contributed by atoms with Gasteiger partial charge in [0.05, 0.1) is 27.7 Å². The number of hydrogen-bond donors (Lipinski definition) is 1. The van der Waals surface area contributed by atoms with Crippen molar-refractivity contribution in [1.29, 1.82) is 0 Å². The molecule has 2 atom stereocenters. The van der Waals surface area contributed by atoms with Crippen molar-refractivity contribution in [3.05, 3.63) is 48.6 Å². The summed E-state index contributed by atoms with van der Waals surface area (Å²) < 4.78 is 34.9. The number of likely N-dealkylation sites (N-methyl/N-ethyl adjacent to an activating group) is 1. The molecule has 0 aromatic heterocycles. The van der Waals surface area contributed by atoms with E-state index in [1.54, 1.807) is 0 Å². The number of esters is 2. The van der Waals surface area contributed by atoms with Crippen LogP contribution in [-0.4, -0.2) is 74.9 Å². The summed E-state index contributed by atoms with van der Waals surface area (Å²) in [6, 6.07) is 0. The van der Waals surface area contributed by atoms with Crippen molar-refractivity contribution in [3.8, 4) is 0 Å². The molecular formula is C92H177NO8P+. The predicted molar refractivity (Wildman–Crippen MR) is 446 cm³/mol. The van der Waals surface area contributed by atoms with Crippen LogP contribution in [0.4, 0.5) is 0 Å².